The van der Waals surface area contributed by atoms with E-state index < -0.39 is 30.5 Å². The van der Waals surface area contributed by atoms with Gasteiger partial charge in [0, 0.05) is 57.4 Å². The van der Waals surface area contributed by atoms with Crippen molar-refractivity contribution in [2.75, 3.05) is 66.1 Å². The quantitative estimate of drug-likeness (QED) is 0.103. The van der Waals surface area contributed by atoms with Crippen LogP contribution in [-0.2, 0) is 23.7 Å². The lowest BCUT2D eigenvalue weighted by molar-refractivity contribution is 0.111. The second kappa shape index (κ2) is 24.9. The van der Waals surface area contributed by atoms with E-state index in [1.165, 1.54) is 60.7 Å². The Bertz CT molecular complexity index is 3850. The van der Waals surface area contributed by atoms with Crippen LogP contribution in [0.3, 0.4) is 0 Å². The highest BCUT2D eigenvalue weighted by molar-refractivity contribution is 5.73. The van der Waals surface area contributed by atoms with E-state index >= 15 is 0 Å². The molecule has 25 heteroatoms. The van der Waals surface area contributed by atoms with Crippen LogP contribution in [0.4, 0.5) is 22.0 Å². The van der Waals surface area contributed by atoms with Crippen molar-refractivity contribution in [1.82, 2.24) is 47.8 Å². The molecule has 0 bridgehead atoms. The third-order valence-corrected chi connectivity index (χ3v) is 20.4. The van der Waals surface area contributed by atoms with Gasteiger partial charge in [0.15, 0.2) is 0 Å². The van der Waals surface area contributed by atoms with Gasteiger partial charge in [0.1, 0.15) is 29.1 Å². The van der Waals surface area contributed by atoms with Gasteiger partial charge in [-0.25, -0.2) is 46.9 Å². The summed E-state index contributed by atoms with van der Waals surface area (Å²) in [6.45, 7) is 4.38. The molecule has 490 valence electrons. The number of rotatable bonds is 5. The van der Waals surface area contributed by atoms with Crippen molar-refractivity contribution in [3.8, 4) is 56.3 Å². The highest BCUT2D eigenvalue weighted by Gasteiger charge is 2.46. The number of imidazole rings is 5. The molecule has 5 aromatic heterocycles. The number of benzene rings is 5. The number of halogens is 5. The summed E-state index contributed by atoms with van der Waals surface area (Å²) in [7, 11) is 0. The smallest absolute Gasteiger partial charge is 0.123 e. The Morgan fingerprint density at radius 1 is 0.274 bits per heavy atom. The Morgan fingerprint density at radius 3 is 0.611 bits per heavy atom. The largest absolute Gasteiger partial charge is 0.390 e. The van der Waals surface area contributed by atoms with E-state index in [-0.39, 0.29) is 88.9 Å². The van der Waals surface area contributed by atoms with Gasteiger partial charge in [0.05, 0.1) is 218 Å². The monoisotopic (exact) mass is 1300 g/mol. The van der Waals surface area contributed by atoms with Crippen LogP contribution >= 0.6 is 0 Å². The van der Waals surface area contributed by atoms with Gasteiger partial charge in [-0.1, -0.05) is 30.3 Å². The fourth-order valence-corrected chi connectivity index (χ4v) is 16.0. The van der Waals surface area contributed by atoms with Crippen LogP contribution in [0.25, 0.3) is 56.3 Å². The molecule has 20 nitrogen and oxygen atoms in total. The normalized spacial score (nSPS) is 28.4. The summed E-state index contributed by atoms with van der Waals surface area (Å²) in [6, 6.07) is 23.9. The summed E-state index contributed by atoms with van der Waals surface area (Å²) in [4.78, 5) is 20.7. The predicted molar refractivity (Wildman–Crippen MR) is 330 cm³/mol. The fraction of sp³-hybridized carbons (Fsp3) is 0.357. The first-order valence-electron chi connectivity index (χ1n) is 31.6. The van der Waals surface area contributed by atoms with E-state index in [2.05, 4.69) is 24.9 Å². The lowest BCUT2D eigenvalue weighted by Crippen LogP contribution is -2.27. The van der Waals surface area contributed by atoms with Crippen LogP contribution in [0.5, 0.6) is 0 Å². The van der Waals surface area contributed by atoms with Crippen LogP contribution in [0.15, 0.2) is 154 Å². The first-order chi connectivity index (χ1) is 46.3. The molecular formula is C70H65F5N10O10. The van der Waals surface area contributed by atoms with Crippen molar-refractivity contribution < 1.29 is 71.2 Å². The number of aliphatic hydroxyl groups is 5. The van der Waals surface area contributed by atoms with E-state index in [9.17, 15) is 47.5 Å². The first kappa shape index (κ1) is 61.3. The molecular weight excluding hydrogens is 1240 g/mol. The minimum Gasteiger partial charge on any atom is -0.390 e. The maximum Gasteiger partial charge on any atom is 0.123 e. The van der Waals surface area contributed by atoms with Gasteiger partial charge in [-0.3, -0.25) is 0 Å². The lowest BCUT2D eigenvalue weighted by atomic mass is 9.90. The van der Waals surface area contributed by atoms with Crippen molar-refractivity contribution in [2.24, 2.45) is 29.6 Å². The number of aliphatic hydroxyl groups excluding tert-OH is 5. The average molecular weight is 1300 g/mol. The third-order valence-electron chi connectivity index (χ3n) is 20.4. The maximum atomic E-state index is 13.4. The summed E-state index contributed by atoms with van der Waals surface area (Å²) in [6.07, 6.45) is 14.9. The van der Waals surface area contributed by atoms with Crippen LogP contribution in [0.2, 0.25) is 0 Å². The number of fused-ring (bicyclic) bond motifs is 15. The molecule has 0 aliphatic carbocycles. The van der Waals surface area contributed by atoms with Gasteiger partial charge in [0.2, 0.25) is 0 Å². The van der Waals surface area contributed by atoms with E-state index in [0.29, 0.717) is 66.1 Å². The molecule has 0 radical (unpaired) electrons. The lowest BCUT2D eigenvalue weighted by Gasteiger charge is -2.23. The molecule has 15 heterocycles. The molecule has 5 N–H and O–H groups in total. The Hall–Kier alpha value is -8.60. The SMILES string of the molecule is OC1COCC1C1c2ccc(F)cc2-c2cncn21.O[C@@H]1COC[C@H]1[C@@H]1c2ccc(F)cc2-c2cncn21.O[C@@H]1COC[C@H]1[C@H]1c2ccc(F)cc2-c2cncn21.O[C@H]1COC[C@@H]1[C@@H]1c2ccc(F)cc2-c2cncn21.O[C@H]1COC[C@@H]1[C@H]1c2ccc(F)cc2-c2cncn21. The molecule has 0 saturated carbocycles. The van der Waals surface area contributed by atoms with Gasteiger partial charge in [-0.2, -0.15) is 0 Å². The Kier molecular flexibility index (Phi) is 16.0. The number of ether oxygens (including phenoxy) is 5. The molecule has 5 fully saturated rings. The summed E-state index contributed by atoms with van der Waals surface area (Å²) < 4.78 is 104. The number of hydrogen-bond acceptors (Lipinski definition) is 15. The van der Waals surface area contributed by atoms with Gasteiger partial charge in [-0.15, -0.1) is 0 Å². The molecule has 3 unspecified atom stereocenters. The third kappa shape index (κ3) is 10.6. The van der Waals surface area contributed by atoms with E-state index in [4.69, 9.17) is 23.7 Å². The molecule has 10 aliphatic rings. The van der Waals surface area contributed by atoms with Gasteiger partial charge in [0.25, 0.3) is 0 Å². The zero-order chi connectivity index (χ0) is 64.9. The zero-order valence-electron chi connectivity index (χ0n) is 50.8. The van der Waals surface area contributed by atoms with Crippen molar-refractivity contribution in [3.05, 3.63) is 211 Å². The van der Waals surface area contributed by atoms with Gasteiger partial charge in [-0.05, 0) is 88.5 Å². The molecule has 0 spiro atoms. The molecule has 0 amide bonds. The zero-order valence-corrected chi connectivity index (χ0v) is 50.8. The van der Waals surface area contributed by atoms with Crippen molar-refractivity contribution in [3.63, 3.8) is 0 Å². The molecule has 5 aromatic carbocycles. The number of hydrogen-bond donors (Lipinski definition) is 5. The van der Waals surface area contributed by atoms with Gasteiger partial charge >= 0.3 is 0 Å². The van der Waals surface area contributed by atoms with E-state index in [0.717, 1.165) is 84.1 Å². The topological polar surface area (TPSA) is 236 Å². The summed E-state index contributed by atoms with van der Waals surface area (Å²) >= 11 is 0. The maximum absolute atomic E-state index is 13.4. The Morgan fingerprint density at radius 2 is 0.453 bits per heavy atom. The second-order valence-corrected chi connectivity index (χ2v) is 25.7. The van der Waals surface area contributed by atoms with Crippen LogP contribution < -0.4 is 0 Å². The second-order valence-electron chi connectivity index (χ2n) is 25.7. The van der Waals surface area contributed by atoms with E-state index in [1.807, 2.05) is 22.8 Å². The molecule has 15 atom stereocenters. The molecule has 95 heavy (non-hydrogen) atoms. The minimum absolute atomic E-state index is 0.0142. The standard InChI is InChI=1S/5C14H13FN2O2/c5*15-8-1-2-9-10(3-8)12-4-16-7-17(12)14(9)11-5-19-6-13(11)18/h5*1-4,7,11,13-14,18H,5-6H2/t2*11-,13-,14+;2*11-,13-,14-;/m1010./s1. The molecule has 20 rings (SSSR count). The molecule has 10 aliphatic heterocycles. The number of nitrogens with zero attached hydrogens (tertiary/aromatic N) is 10. The number of aromatic nitrogens is 10. The highest BCUT2D eigenvalue weighted by atomic mass is 19.1. The minimum atomic E-state index is -0.490. The van der Waals surface area contributed by atoms with Crippen LogP contribution in [0.1, 0.15) is 58.0 Å². The average Bonchev–Trinajstić information content (AvgIpc) is 1.64. The Balaban J connectivity index is 0.0000000937. The van der Waals surface area contributed by atoms with Gasteiger partial charge < -0.3 is 72.1 Å². The summed E-state index contributed by atoms with van der Waals surface area (Å²) in [5, 5.41) is 50.3. The van der Waals surface area contributed by atoms with Crippen molar-refractivity contribution in [2.45, 2.75) is 60.7 Å². The van der Waals surface area contributed by atoms with Crippen LogP contribution in [0, 0.1) is 58.7 Å². The predicted octanol–water partition coefficient (Wildman–Crippen LogP) is 8.00. The highest BCUT2D eigenvalue weighted by Crippen LogP contribution is 2.50. The van der Waals surface area contributed by atoms with Crippen LogP contribution in [-0.4, -0.2) is 170 Å². The fourth-order valence-electron chi connectivity index (χ4n) is 16.0. The van der Waals surface area contributed by atoms with E-state index in [1.54, 1.807) is 93.0 Å². The molecule has 5 saturated heterocycles. The molecule has 10 aromatic rings. The summed E-state index contributed by atoms with van der Waals surface area (Å²) in [5.74, 6) is -1.34. The Labute approximate surface area is 540 Å². The van der Waals surface area contributed by atoms with Crippen molar-refractivity contribution >= 4 is 0 Å². The van der Waals surface area contributed by atoms with Crippen molar-refractivity contribution in [1.29, 1.82) is 0 Å². The first-order valence-corrected chi connectivity index (χ1v) is 31.6. The summed E-state index contributed by atoms with van der Waals surface area (Å²) in [5.41, 5.74) is 14.0.